The van der Waals surface area contributed by atoms with Gasteiger partial charge in [-0.1, -0.05) is 0 Å². The van der Waals surface area contributed by atoms with Crippen LogP contribution in [0.1, 0.15) is 10.4 Å². The van der Waals surface area contributed by atoms with E-state index in [-0.39, 0.29) is 10.6 Å². The fourth-order valence-corrected chi connectivity index (χ4v) is 1.76. The highest BCUT2D eigenvalue weighted by atomic mass is 32.1. The van der Waals surface area contributed by atoms with Gasteiger partial charge in [0.25, 0.3) is 5.92 Å². The van der Waals surface area contributed by atoms with Gasteiger partial charge in [-0.3, -0.25) is 5.32 Å². The summed E-state index contributed by atoms with van der Waals surface area (Å²) in [6, 6.07) is 0.318. The van der Waals surface area contributed by atoms with Gasteiger partial charge in [0.2, 0.25) is 0 Å². The van der Waals surface area contributed by atoms with E-state index in [1.165, 1.54) is 11.4 Å². The number of carboxylic acids is 1. The van der Waals surface area contributed by atoms with E-state index >= 15 is 0 Å². The maximum atomic E-state index is 12.6. The molecule has 0 atom stereocenters. The number of aliphatic hydroxyl groups is 1. The number of rotatable bonds is 5. The summed E-state index contributed by atoms with van der Waals surface area (Å²) in [6.45, 7) is -2.42. The number of anilines is 1. The molecule has 1 aromatic heterocycles. The van der Waals surface area contributed by atoms with Gasteiger partial charge in [-0.05, 0) is 11.4 Å². The van der Waals surface area contributed by atoms with Crippen LogP contribution in [0, 0.1) is 0 Å². The van der Waals surface area contributed by atoms with Crippen molar-refractivity contribution < 1.29 is 28.6 Å². The molecule has 0 aliphatic heterocycles. The quantitative estimate of drug-likeness (QED) is 0.651. The molecule has 0 radical (unpaired) electrons. The lowest BCUT2D eigenvalue weighted by atomic mass is 10.3. The van der Waals surface area contributed by atoms with Gasteiger partial charge >= 0.3 is 12.0 Å². The smallest absolute Gasteiger partial charge is 0.338 e. The Morgan fingerprint density at radius 2 is 2.11 bits per heavy atom. The first kappa shape index (κ1) is 14.3. The second kappa shape index (κ2) is 5.74. The van der Waals surface area contributed by atoms with Crippen LogP contribution in [-0.4, -0.2) is 41.3 Å². The van der Waals surface area contributed by atoms with Crippen molar-refractivity contribution in [3.05, 3.63) is 17.0 Å². The maximum absolute atomic E-state index is 12.6. The standard InChI is InChI=1S/C9H10F2N2O4S/c10-9(11,4-14)3-12-8(17)13-6-5(7(15)16)1-2-18-6/h1-2,14H,3-4H2,(H,15,16)(H2,12,13,17). The van der Waals surface area contributed by atoms with Gasteiger partial charge in [0.05, 0.1) is 12.1 Å². The van der Waals surface area contributed by atoms with E-state index in [1.54, 1.807) is 0 Å². The molecule has 0 fully saturated rings. The van der Waals surface area contributed by atoms with E-state index in [9.17, 15) is 18.4 Å². The first-order valence-electron chi connectivity index (χ1n) is 4.70. The van der Waals surface area contributed by atoms with Gasteiger partial charge in [0.1, 0.15) is 11.6 Å². The third kappa shape index (κ3) is 3.93. The predicted octanol–water partition coefficient (Wildman–Crippen LogP) is 1.20. The number of carbonyl (C=O) groups is 2. The first-order chi connectivity index (χ1) is 8.35. The minimum atomic E-state index is -3.41. The van der Waals surface area contributed by atoms with E-state index in [0.717, 1.165) is 11.3 Å². The molecular formula is C9H10F2N2O4S. The van der Waals surface area contributed by atoms with Crippen molar-refractivity contribution in [2.75, 3.05) is 18.5 Å². The zero-order chi connectivity index (χ0) is 13.8. The van der Waals surface area contributed by atoms with Crippen molar-refractivity contribution in [1.29, 1.82) is 0 Å². The highest BCUT2D eigenvalue weighted by Crippen LogP contribution is 2.22. The molecule has 1 aromatic rings. The fourth-order valence-electron chi connectivity index (χ4n) is 0.987. The topological polar surface area (TPSA) is 98.7 Å². The van der Waals surface area contributed by atoms with Crippen molar-refractivity contribution >= 4 is 28.3 Å². The largest absolute Gasteiger partial charge is 0.478 e. The lowest BCUT2D eigenvalue weighted by Crippen LogP contribution is -2.40. The lowest BCUT2D eigenvalue weighted by Gasteiger charge is -2.14. The Morgan fingerprint density at radius 1 is 1.44 bits per heavy atom. The molecule has 0 saturated heterocycles. The van der Waals surface area contributed by atoms with E-state index in [0.29, 0.717) is 0 Å². The Labute approximate surface area is 104 Å². The average Bonchev–Trinajstić information content (AvgIpc) is 2.75. The predicted molar refractivity (Wildman–Crippen MR) is 60.3 cm³/mol. The number of hydrogen-bond donors (Lipinski definition) is 4. The number of halogens is 2. The third-order valence-corrected chi connectivity index (χ3v) is 2.69. The number of urea groups is 1. The second-order valence-electron chi connectivity index (χ2n) is 3.29. The van der Waals surface area contributed by atoms with Gasteiger partial charge in [-0.15, -0.1) is 11.3 Å². The van der Waals surface area contributed by atoms with Gasteiger partial charge in [-0.25, -0.2) is 18.4 Å². The molecule has 1 heterocycles. The number of alkyl halides is 2. The van der Waals surface area contributed by atoms with Crippen LogP contribution in [0.15, 0.2) is 11.4 Å². The Morgan fingerprint density at radius 3 is 2.67 bits per heavy atom. The minimum absolute atomic E-state index is 0.0484. The summed E-state index contributed by atoms with van der Waals surface area (Å²) in [7, 11) is 0. The van der Waals surface area contributed by atoms with E-state index in [4.69, 9.17) is 10.2 Å². The third-order valence-electron chi connectivity index (χ3n) is 1.86. The number of aromatic carboxylic acids is 1. The number of amides is 2. The highest BCUT2D eigenvalue weighted by molar-refractivity contribution is 7.14. The minimum Gasteiger partial charge on any atom is -0.478 e. The molecule has 2 amide bonds. The van der Waals surface area contributed by atoms with Crippen LogP contribution >= 0.6 is 11.3 Å². The summed E-state index contributed by atoms with van der Waals surface area (Å²) < 4.78 is 25.2. The van der Waals surface area contributed by atoms with E-state index in [1.807, 2.05) is 5.32 Å². The Bertz CT molecular complexity index is 450. The van der Waals surface area contributed by atoms with Crippen molar-refractivity contribution in [3.63, 3.8) is 0 Å². The lowest BCUT2D eigenvalue weighted by molar-refractivity contribution is -0.0451. The SMILES string of the molecule is O=C(NCC(F)(F)CO)Nc1sccc1C(=O)O. The molecule has 0 aliphatic carbocycles. The van der Waals surface area contributed by atoms with Gasteiger partial charge < -0.3 is 15.5 Å². The number of carboxylic acid groups (broad SMARTS) is 1. The number of carbonyl (C=O) groups excluding carboxylic acids is 1. The molecule has 0 saturated carbocycles. The molecule has 4 N–H and O–H groups in total. The van der Waals surface area contributed by atoms with Crippen molar-refractivity contribution in [2.24, 2.45) is 0 Å². The molecule has 18 heavy (non-hydrogen) atoms. The molecule has 9 heteroatoms. The summed E-state index contributed by atoms with van der Waals surface area (Å²) in [6.07, 6.45) is 0. The Kier molecular flexibility index (Phi) is 4.56. The average molecular weight is 280 g/mol. The summed E-state index contributed by atoms with van der Waals surface area (Å²) >= 11 is 0.956. The molecule has 0 spiro atoms. The van der Waals surface area contributed by atoms with Gasteiger partial charge in [-0.2, -0.15) is 0 Å². The Hall–Kier alpha value is -1.74. The normalized spacial score (nSPS) is 11.1. The van der Waals surface area contributed by atoms with Crippen LogP contribution in [0.4, 0.5) is 18.6 Å². The van der Waals surface area contributed by atoms with Gasteiger partial charge in [0, 0.05) is 0 Å². The summed E-state index contributed by atoms with van der Waals surface area (Å²) in [4.78, 5) is 21.9. The van der Waals surface area contributed by atoms with Crippen molar-refractivity contribution in [3.8, 4) is 0 Å². The number of hydrogen-bond acceptors (Lipinski definition) is 4. The van der Waals surface area contributed by atoms with Crippen LogP contribution in [0.3, 0.4) is 0 Å². The van der Waals surface area contributed by atoms with Crippen LogP contribution < -0.4 is 10.6 Å². The number of aliphatic hydroxyl groups excluding tert-OH is 1. The van der Waals surface area contributed by atoms with Gasteiger partial charge in [0.15, 0.2) is 0 Å². The Balaban J connectivity index is 2.55. The van der Waals surface area contributed by atoms with Crippen LogP contribution in [0.5, 0.6) is 0 Å². The molecule has 0 bridgehead atoms. The van der Waals surface area contributed by atoms with E-state index < -0.39 is 31.1 Å². The second-order valence-corrected chi connectivity index (χ2v) is 4.21. The van der Waals surface area contributed by atoms with E-state index in [2.05, 4.69) is 5.32 Å². The van der Waals surface area contributed by atoms with Crippen molar-refractivity contribution in [2.45, 2.75) is 5.92 Å². The summed E-state index contributed by atoms with van der Waals surface area (Å²) in [5, 5.41) is 22.5. The molecular weight excluding hydrogens is 270 g/mol. The van der Waals surface area contributed by atoms with Crippen LogP contribution in [0.2, 0.25) is 0 Å². The first-order valence-corrected chi connectivity index (χ1v) is 5.58. The van der Waals surface area contributed by atoms with Crippen molar-refractivity contribution in [1.82, 2.24) is 5.32 Å². The summed E-state index contributed by atoms with van der Waals surface area (Å²) in [5.41, 5.74) is -0.121. The summed E-state index contributed by atoms with van der Waals surface area (Å²) in [5.74, 6) is -4.64. The maximum Gasteiger partial charge on any atom is 0.338 e. The fraction of sp³-hybridized carbons (Fsp3) is 0.333. The van der Waals surface area contributed by atoms with Crippen LogP contribution in [0.25, 0.3) is 0 Å². The molecule has 100 valence electrons. The molecule has 0 unspecified atom stereocenters. The molecule has 0 aliphatic rings. The zero-order valence-electron chi connectivity index (χ0n) is 8.94. The highest BCUT2D eigenvalue weighted by Gasteiger charge is 2.28. The zero-order valence-corrected chi connectivity index (χ0v) is 9.76. The number of nitrogens with one attached hydrogen (secondary N) is 2. The molecule has 6 nitrogen and oxygen atoms in total. The van der Waals surface area contributed by atoms with Crippen LogP contribution in [-0.2, 0) is 0 Å². The molecule has 1 rings (SSSR count). The monoisotopic (exact) mass is 280 g/mol. The molecule has 0 aromatic carbocycles. The number of thiophene rings is 1.